The highest BCUT2D eigenvalue weighted by molar-refractivity contribution is 9.10. The molecule has 1 atom stereocenters. The number of benzene rings is 1. The lowest BCUT2D eigenvalue weighted by Crippen LogP contribution is -2.28. The zero-order valence-electron chi connectivity index (χ0n) is 9.40. The summed E-state index contributed by atoms with van der Waals surface area (Å²) in [7, 11) is 0. The quantitative estimate of drug-likeness (QED) is 0.658. The van der Waals surface area contributed by atoms with Gasteiger partial charge in [0.2, 0.25) is 0 Å². The van der Waals surface area contributed by atoms with Crippen molar-refractivity contribution in [3.8, 4) is 0 Å². The van der Waals surface area contributed by atoms with Gasteiger partial charge in [-0.2, -0.15) is 0 Å². The summed E-state index contributed by atoms with van der Waals surface area (Å²) in [5.74, 6) is 6.41. The second kappa shape index (κ2) is 6.00. The molecule has 0 spiro atoms. The lowest BCUT2D eigenvalue weighted by molar-refractivity contribution is 0.391. The van der Waals surface area contributed by atoms with Crippen molar-refractivity contribution in [2.45, 2.75) is 18.9 Å². The highest BCUT2D eigenvalue weighted by Crippen LogP contribution is 2.23. The van der Waals surface area contributed by atoms with Gasteiger partial charge in [-0.05, 0) is 46.5 Å². The Bertz CT molecular complexity index is 455. The zero-order chi connectivity index (χ0) is 12.1. The van der Waals surface area contributed by atoms with Crippen LogP contribution in [0.3, 0.4) is 0 Å². The Morgan fingerprint density at radius 1 is 1.18 bits per heavy atom. The molecule has 17 heavy (non-hydrogen) atoms. The lowest BCUT2D eigenvalue weighted by atomic mass is 10.0. The molecule has 1 unspecified atom stereocenters. The summed E-state index contributed by atoms with van der Waals surface area (Å²) >= 11 is 3.29. The lowest BCUT2D eigenvalue weighted by Gasteiger charge is -2.12. The van der Waals surface area contributed by atoms with Crippen LogP contribution in [0.5, 0.6) is 0 Å². The van der Waals surface area contributed by atoms with Gasteiger partial charge in [0.05, 0.1) is 6.04 Å². The first kappa shape index (κ1) is 12.4. The number of hydrazine groups is 1. The van der Waals surface area contributed by atoms with Gasteiger partial charge < -0.3 is 4.42 Å². The maximum absolute atomic E-state index is 5.55. The molecule has 0 bridgehead atoms. The van der Waals surface area contributed by atoms with Crippen molar-refractivity contribution in [3.05, 3.63) is 58.5 Å². The Balaban J connectivity index is 1.97. The maximum atomic E-state index is 5.55. The van der Waals surface area contributed by atoms with Gasteiger partial charge in [0, 0.05) is 0 Å². The third kappa shape index (κ3) is 3.43. The molecule has 0 saturated heterocycles. The van der Waals surface area contributed by atoms with E-state index in [0.29, 0.717) is 0 Å². The predicted molar refractivity (Wildman–Crippen MR) is 71.2 cm³/mol. The SMILES string of the molecule is NNC(CCc1ccccc1)c1ccc(Br)o1. The summed E-state index contributed by atoms with van der Waals surface area (Å²) in [6.07, 6.45) is 1.87. The molecule has 1 aromatic heterocycles. The van der Waals surface area contributed by atoms with Crippen molar-refractivity contribution < 1.29 is 4.42 Å². The molecule has 3 nitrogen and oxygen atoms in total. The van der Waals surface area contributed by atoms with Crippen LogP contribution in [0, 0.1) is 0 Å². The molecule has 90 valence electrons. The molecule has 2 rings (SSSR count). The summed E-state index contributed by atoms with van der Waals surface area (Å²) in [5.41, 5.74) is 4.09. The van der Waals surface area contributed by atoms with E-state index < -0.39 is 0 Å². The van der Waals surface area contributed by atoms with Crippen molar-refractivity contribution >= 4 is 15.9 Å². The highest BCUT2D eigenvalue weighted by Gasteiger charge is 2.13. The van der Waals surface area contributed by atoms with Crippen molar-refractivity contribution in [2.75, 3.05) is 0 Å². The number of aryl methyl sites for hydroxylation is 1. The molecule has 0 amide bonds. The van der Waals surface area contributed by atoms with Crippen LogP contribution in [0.25, 0.3) is 0 Å². The van der Waals surface area contributed by atoms with Crippen LogP contribution in [0.1, 0.15) is 23.8 Å². The molecule has 4 heteroatoms. The Labute approximate surface area is 109 Å². The fraction of sp³-hybridized carbons (Fsp3) is 0.231. The van der Waals surface area contributed by atoms with Crippen LogP contribution in [-0.4, -0.2) is 0 Å². The van der Waals surface area contributed by atoms with Crippen molar-refractivity contribution in [3.63, 3.8) is 0 Å². The van der Waals surface area contributed by atoms with E-state index in [4.69, 9.17) is 10.3 Å². The minimum atomic E-state index is 0.0431. The zero-order valence-corrected chi connectivity index (χ0v) is 11.0. The third-order valence-corrected chi connectivity index (χ3v) is 3.13. The molecule has 2 aromatic rings. The molecule has 3 N–H and O–H groups in total. The molecule has 0 saturated carbocycles. The van der Waals surface area contributed by atoms with E-state index in [0.717, 1.165) is 23.3 Å². The number of furan rings is 1. The van der Waals surface area contributed by atoms with E-state index in [2.05, 4.69) is 33.5 Å². The largest absolute Gasteiger partial charge is 0.453 e. The molecular weight excluding hydrogens is 280 g/mol. The van der Waals surface area contributed by atoms with Crippen LogP contribution in [0.4, 0.5) is 0 Å². The molecule has 0 aliphatic carbocycles. The van der Waals surface area contributed by atoms with Gasteiger partial charge in [-0.15, -0.1) is 0 Å². The average molecular weight is 295 g/mol. The number of hydrogen-bond donors (Lipinski definition) is 2. The Kier molecular flexibility index (Phi) is 4.36. The van der Waals surface area contributed by atoms with Crippen molar-refractivity contribution in [2.24, 2.45) is 5.84 Å². The number of hydrogen-bond acceptors (Lipinski definition) is 3. The van der Waals surface area contributed by atoms with E-state index in [1.807, 2.05) is 30.3 Å². The highest BCUT2D eigenvalue weighted by atomic mass is 79.9. The van der Waals surface area contributed by atoms with Crippen LogP contribution in [-0.2, 0) is 6.42 Å². The number of nitrogens with one attached hydrogen (secondary N) is 1. The molecule has 0 fully saturated rings. The smallest absolute Gasteiger partial charge is 0.169 e. The monoisotopic (exact) mass is 294 g/mol. The topological polar surface area (TPSA) is 51.2 Å². The summed E-state index contributed by atoms with van der Waals surface area (Å²) in [4.78, 5) is 0. The first-order valence-electron chi connectivity index (χ1n) is 5.55. The Hall–Kier alpha value is -1.10. The molecule has 0 radical (unpaired) electrons. The molecular formula is C13H15BrN2O. The number of rotatable bonds is 5. The Morgan fingerprint density at radius 2 is 1.94 bits per heavy atom. The molecule has 0 aliphatic heterocycles. The first-order chi connectivity index (χ1) is 8.29. The second-order valence-corrected chi connectivity index (χ2v) is 4.67. The van der Waals surface area contributed by atoms with Crippen LogP contribution in [0.15, 0.2) is 51.6 Å². The van der Waals surface area contributed by atoms with Gasteiger partial charge >= 0.3 is 0 Å². The molecule has 1 aromatic carbocycles. The summed E-state index contributed by atoms with van der Waals surface area (Å²) in [6, 6.07) is 14.2. The maximum Gasteiger partial charge on any atom is 0.169 e. The first-order valence-corrected chi connectivity index (χ1v) is 6.34. The standard InChI is InChI=1S/C13H15BrN2O/c14-13-9-8-12(17-13)11(16-15)7-6-10-4-2-1-3-5-10/h1-5,8-9,11,16H,6-7,15H2. The normalized spacial score (nSPS) is 12.6. The second-order valence-electron chi connectivity index (χ2n) is 3.89. The van der Waals surface area contributed by atoms with Gasteiger partial charge in [-0.1, -0.05) is 30.3 Å². The van der Waals surface area contributed by atoms with Crippen LogP contribution >= 0.6 is 15.9 Å². The fourth-order valence-electron chi connectivity index (χ4n) is 1.78. The number of nitrogens with two attached hydrogens (primary N) is 1. The summed E-state index contributed by atoms with van der Waals surface area (Å²) in [5, 5.41) is 0. The summed E-state index contributed by atoms with van der Waals surface area (Å²) in [6.45, 7) is 0. The Morgan fingerprint density at radius 3 is 2.53 bits per heavy atom. The van der Waals surface area contributed by atoms with Crippen molar-refractivity contribution in [1.82, 2.24) is 5.43 Å². The van der Waals surface area contributed by atoms with E-state index in [-0.39, 0.29) is 6.04 Å². The summed E-state index contributed by atoms with van der Waals surface area (Å²) < 4.78 is 6.23. The van der Waals surface area contributed by atoms with Gasteiger partial charge in [0.1, 0.15) is 5.76 Å². The average Bonchev–Trinajstić information content (AvgIpc) is 2.78. The number of halogens is 1. The van der Waals surface area contributed by atoms with E-state index >= 15 is 0 Å². The predicted octanol–water partition coefficient (Wildman–Crippen LogP) is 3.18. The fourth-order valence-corrected chi connectivity index (χ4v) is 2.10. The van der Waals surface area contributed by atoms with Crippen LogP contribution < -0.4 is 11.3 Å². The van der Waals surface area contributed by atoms with E-state index in [1.54, 1.807) is 0 Å². The van der Waals surface area contributed by atoms with Gasteiger partial charge in [0.15, 0.2) is 4.67 Å². The van der Waals surface area contributed by atoms with Crippen LogP contribution in [0.2, 0.25) is 0 Å². The van der Waals surface area contributed by atoms with Gasteiger partial charge in [-0.25, -0.2) is 5.43 Å². The van der Waals surface area contributed by atoms with Gasteiger partial charge in [-0.3, -0.25) is 5.84 Å². The van der Waals surface area contributed by atoms with Gasteiger partial charge in [0.25, 0.3) is 0 Å². The minimum absolute atomic E-state index is 0.0431. The van der Waals surface area contributed by atoms with E-state index in [9.17, 15) is 0 Å². The minimum Gasteiger partial charge on any atom is -0.453 e. The van der Waals surface area contributed by atoms with E-state index in [1.165, 1.54) is 5.56 Å². The molecule has 0 aliphatic rings. The van der Waals surface area contributed by atoms with Crippen molar-refractivity contribution in [1.29, 1.82) is 0 Å². The third-order valence-electron chi connectivity index (χ3n) is 2.70. The molecule has 1 heterocycles.